The van der Waals surface area contributed by atoms with Crippen LogP contribution >= 0.6 is 24.0 Å². The SMILES string of the molecule is COc1ccc(NC(N)=NCc2ccccc2N2CCCCC2)cc1OC.I. The minimum absolute atomic E-state index is 0. The summed E-state index contributed by atoms with van der Waals surface area (Å²) >= 11 is 0. The van der Waals surface area contributed by atoms with Crippen LogP contribution in [-0.4, -0.2) is 33.3 Å². The summed E-state index contributed by atoms with van der Waals surface area (Å²) in [6.45, 7) is 2.76. The number of nitrogens with two attached hydrogens (primary N) is 1. The third-order valence-corrected chi connectivity index (χ3v) is 4.76. The van der Waals surface area contributed by atoms with E-state index in [1.54, 1.807) is 14.2 Å². The fourth-order valence-corrected chi connectivity index (χ4v) is 3.36. The van der Waals surface area contributed by atoms with E-state index in [1.165, 1.54) is 30.5 Å². The van der Waals surface area contributed by atoms with E-state index >= 15 is 0 Å². The first kappa shape index (κ1) is 22.1. The molecule has 0 aromatic heterocycles. The highest BCUT2D eigenvalue weighted by atomic mass is 127. The van der Waals surface area contributed by atoms with E-state index in [4.69, 9.17) is 15.2 Å². The normalized spacial score (nSPS) is 14.2. The molecule has 7 heteroatoms. The molecule has 3 N–H and O–H groups in total. The molecule has 0 spiro atoms. The Hall–Kier alpha value is -2.16. The second-order valence-corrected chi connectivity index (χ2v) is 6.57. The van der Waals surface area contributed by atoms with Gasteiger partial charge in [-0.05, 0) is 43.0 Å². The van der Waals surface area contributed by atoms with Crippen LogP contribution in [0.1, 0.15) is 24.8 Å². The van der Waals surface area contributed by atoms with Crippen molar-refractivity contribution in [2.45, 2.75) is 25.8 Å². The van der Waals surface area contributed by atoms with Gasteiger partial charge in [0.25, 0.3) is 0 Å². The van der Waals surface area contributed by atoms with Gasteiger partial charge in [-0.1, -0.05) is 18.2 Å². The number of nitrogens with zero attached hydrogens (tertiary/aromatic N) is 2. The molecular formula is C21H29IN4O2. The number of benzene rings is 2. The first-order valence-electron chi connectivity index (χ1n) is 9.33. The van der Waals surface area contributed by atoms with Crippen LogP contribution in [-0.2, 0) is 6.54 Å². The zero-order valence-electron chi connectivity index (χ0n) is 16.5. The number of hydrogen-bond acceptors (Lipinski definition) is 4. The number of methoxy groups -OCH3 is 2. The molecule has 0 saturated carbocycles. The zero-order valence-corrected chi connectivity index (χ0v) is 18.8. The van der Waals surface area contributed by atoms with Gasteiger partial charge in [-0.2, -0.15) is 0 Å². The van der Waals surface area contributed by atoms with Crippen LogP contribution in [0.5, 0.6) is 11.5 Å². The maximum Gasteiger partial charge on any atom is 0.193 e. The zero-order chi connectivity index (χ0) is 19.1. The highest BCUT2D eigenvalue weighted by Crippen LogP contribution is 2.29. The first-order valence-corrected chi connectivity index (χ1v) is 9.33. The predicted molar refractivity (Wildman–Crippen MR) is 126 cm³/mol. The van der Waals surface area contributed by atoms with Crippen molar-refractivity contribution in [1.82, 2.24) is 0 Å². The Kier molecular flexibility index (Phi) is 8.69. The number of halogens is 1. The Balaban J connectivity index is 0.00000280. The summed E-state index contributed by atoms with van der Waals surface area (Å²) in [5.41, 5.74) is 9.36. The Labute approximate surface area is 184 Å². The molecule has 152 valence electrons. The average molecular weight is 496 g/mol. The van der Waals surface area contributed by atoms with Gasteiger partial charge in [0.15, 0.2) is 17.5 Å². The lowest BCUT2D eigenvalue weighted by molar-refractivity contribution is 0.355. The molecule has 0 radical (unpaired) electrons. The van der Waals surface area contributed by atoms with E-state index in [-0.39, 0.29) is 24.0 Å². The number of piperidine rings is 1. The minimum Gasteiger partial charge on any atom is -0.493 e. The van der Waals surface area contributed by atoms with Crippen molar-refractivity contribution in [2.24, 2.45) is 10.7 Å². The molecule has 0 bridgehead atoms. The topological polar surface area (TPSA) is 72.1 Å². The van der Waals surface area contributed by atoms with Gasteiger partial charge in [-0.25, -0.2) is 4.99 Å². The van der Waals surface area contributed by atoms with Crippen LogP contribution in [0.3, 0.4) is 0 Å². The van der Waals surface area contributed by atoms with E-state index in [0.29, 0.717) is 24.0 Å². The van der Waals surface area contributed by atoms with Crippen molar-refractivity contribution in [3.63, 3.8) is 0 Å². The molecule has 1 saturated heterocycles. The summed E-state index contributed by atoms with van der Waals surface area (Å²) in [6.07, 6.45) is 3.82. The molecule has 2 aromatic carbocycles. The number of nitrogens with one attached hydrogen (secondary N) is 1. The van der Waals surface area contributed by atoms with E-state index in [2.05, 4.69) is 39.5 Å². The highest BCUT2D eigenvalue weighted by Gasteiger charge is 2.13. The van der Waals surface area contributed by atoms with E-state index in [9.17, 15) is 0 Å². The summed E-state index contributed by atoms with van der Waals surface area (Å²) in [6, 6.07) is 14.0. The standard InChI is InChI=1S/C21H28N4O2.HI/c1-26-19-11-10-17(14-20(19)27-2)24-21(22)23-15-16-8-4-5-9-18(16)25-12-6-3-7-13-25;/h4-5,8-11,14H,3,6-7,12-13,15H2,1-2H3,(H3,22,23,24);1H. The van der Waals surface area contributed by atoms with E-state index in [0.717, 1.165) is 18.8 Å². The van der Waals surface area contributed by atoms with E-state index < -0.39 is 0 Å². The molecule has 1 fully saturated rings. The second kappa shape index (κ2) is 11.0. The van der Waals surface area contributed by atoms with Gasteiger partial charge >= 0.3 is 0 Å². The smallest absolute Gasteiger partial charge is 0.193 e. The van der Waals surface area contributed by atoms with Crippen LogP contribution in [0.2, 0.25) is 0 Å². The Morgan fingerprint density at radius 2 is 1.75 bits per heavy atom. The molecule has 3 rings (SSSR count). The number of ether oxygens (including phenoxy) is 2. The molecule has 6 nitrogen and oxygen atoms in total. The van der Waals surface area contributed by atoms with Gasteiger partial charge in [0.05, 0.1) is 20.8 Å². The minimum atomic E-state index is 0. The van der Waals surface area contributed by atoms with Crippen LogP contribution in [0.25, 0.3) is 0 Å². The van der Waals surface area contributed by atoms with Crippen molar-refractivity contribution in [1.29, 1.82) is 0 Å². The molecule has 1 heterocycles. The second-order valence-electron chi connectivity index (χ2n) is 6.57. The number of rotatable bonds is 6. The molecule has 0 atom stereocenters. The number of anilines is 2. The summed E-state index contributed by atoms with van der Waals surface area (Å²) in [4.78, 5) is 6.98. The van der Waals surface area contributed by atoms with Crippen molar-refractivity contribution in [3.05, 3.63) is 48.0 Å². The number of aliphatic imine (C=N–C) groups is 1. The lowest BCUT2D eigenvalue weighted by Crippen LogP contribution is -2.30. The van der Waals surface area contributed by atoms with Crippen molar-refractivity contribution < 1.29 is 9.47 Å². The number of hydrogen-bond donors (Lipinski definition) is 2. The summed E-state index contributed by atoms with van der Waals surface area (Å²) in [7, 11) is 3.22. The van der Waals surface area contributed by atoms with Crippen LogP contribution in [0, 0.1) is 0 Å². The quantitative estimate of drug-likeness (QED) is 0.356. The van der Waals surface area contributed by atoms with Gasteiger partial charge in [0.1, 0.15) is 0 Å². The van der Waals surface area contributed by atoms with Crippen LogP contribution in [0.15, 0.2) is 47.5 Å². The monoisotopic (exact) mass is 496 g/mol. The third-order valence-electron chi connectivity index (χ3n) is 4.76. The molecule has 0 unspecified atom stereocenters. The number of para-hydroxylation sites is 1. The summed E-state index contributed by atoms with van der Waals surface area (Å²) in [5.74, 6) is 1.69. The third kappa shape index (κ3) is 5.67. The Morgan fingerprint density at radius 1 is 1.04 bits per heavy atom. The average Bonchev–Trinajstić information content (AvgIpc) is 2.73. The lowest BCUT2D eigenvalue weighted by Gasteiger charge is -2.30. The molecular weight excluding hydrogens is 467 g/mol. The summed E-state index contributed by atoms with van der Waals surface area (Å²) in [5, 5.41) is 3.12. The van der Waals surface area contributed by atoms with Crippen molar-refractivity contribution in [2.75, 3.05) is 37.5 Å². The molecule has 0 amide bonds. The molecule has 1 aliphatic rings. The Bertz CT molecular complexity index is 792. The maximum atomic E-state index is 6.10. The first-order chi connectivity index (χ1) is 13.2. The van der Waals surface area contributed by atoms with Crippen molar-refractivity contribution in [3.8, 4) is 11.5 Å². The maximum absolute atomic E-state index is 6.10. The van der Waals surface area contributed by atoms with Gasteiger partial charge < -0.3 is 25.4 Å². The predicted octanol–water partition coefficient (Wildman–Crippen LogP) is 4.24. The van der Waals surface area contributed by atoms with Gasteiger partial charge in [-0.15, -0.1) is 24.0 Å². The highest BCUT2D eigenvalue weighted by molar-refractivity contribution is 14.0. The molecule has 28 heavy (non-hydrogen) atoms. The molecule has 1 aliphatic heterocycles. The number of guanidine groups is 1. The molecule has 0 aliphatic carbocycles. The fourth-order valence-electron chi connectivity index (χ4n) is 3.36. The lowest BCUT2D eigenvalue weighted by atomic mass is 10.1. The van der Waals surface area contributed by atoms with Gasteiger partial charge in [-0.3, -0.25) is 0 Å². The van der Waals surface area contributed by atoms with E-state index in [1.807, 2.05) is 18.2 Å². The van der Waals surface area contributed by atoms with Gasteiger partial charge in [0, 0.05) is 30.5 Å². The van der Waals surface area contributed by atoms with Crippen molar-refractivity contribution >= 4 is 41.3 Å². The summed E-state index contributed by atoms with van der Waals surface area (Å²) < 4.78 is 10.6. The van der Waals surface area contributed by atoms with Gasteiger partial charge in [0.2, 0.25) is 0 Å². The van der Waals surface area contributed by atoms with Crippen LogP contribution < -0.4 is 25.4 Å². The molecule has 2 aromatic rings. The fraction of sp³-hybridized carbons (Fsp3) is 0.381. The van der Waals surface area contributed by atoms with Crippen LogP contribution in [0.4, 0.5) is 11.4 Å². The largest absolute Gasteiger partial charge is 0.493 e. The Morgan fingerprint density at radius 3 is 2.46 bits per heavy atom.